The van der Waals surface area contributed by atoms with Gasteiger partial charge in [-0.1, -0.05) is 18.9 Å². The first-order valence-corrected chi connectivity index (χ1v) is 7.11. The van der Waals surface area contributed by atoms with Crippen molar-refractivity contribution in [2.75, 3.05) is 18.0 Å². The third kappa shape index (κ3) is 2.80. The minimum absolute atomic E-state index is 0.466. The molecule has 1 fully saturated rings. The van der Waals surface area contributed by atoms with Gasteiger partial charge >= 0.3 is 0 Å². The first-order chi connectivity index (χ1) is 9.86. The van der Waals surface area contributed by atoms with Crippen LogP contribution < -0.4 is 10.6 Å². The highest BCUT2D eigenvalue weighted by atomic mass is 16.5. The van der Waals surface area contributed by atoms with E-state index in [0.29, 0.717) is 24.1 Å². The standard InChI is InChI=1S/C14H19N5O/c15-9-11-5-6-12(16-10-11)13-17-14(18-20-13)19-7-3-1-2-4-8-19/h5-6,10H,1-4,7-9,15H2. The maximum atomic E-state index is 5.56. The third-order valence-corrected chi connectivity index (χ3v) is 3.58. The van der Waals surface area contributed by atoms with Crippen molar-refractivity contribution >= 4 is 5.95 Å². The van der Waals surface area contributed by atoms with Crippen molar-refractivity contribution in [2.24, 2.45) is 5.73 Å². The van der Waals surface area contributed by atoms with Gasteiger partial charge in [0.25, 0.3) is 11.8 Å². The molecule has 1 aliphatic heterocycles. The van der Waals surface area contributed by atoms with E-state index in [1.807, 2.05) is 12.1 Å². The summed E-state index contributed by atoms with van der Waals surface area (Å²) in [5.41, 5.74) is 7.23. The first-order valence-electron chi connectivity index (χ1n) is 7.11. The molecule has 0 amide bonds. The average Bonchev–Trinajstić information content (AvgIpc) is 2.83. The highest BCUT2D eigenvalue weighted by molar-refractivity contribution is 5.49. The second-order valence-corrected chi connectivity index (χ2v) is 5.06. The fourth-order valence-electron chi connectivity index (χ4n) is 2.39. The molecular weight excluding hydrogens is 254 g/mol. The molecule has 0 spiro atoms. The van der Waals surface area contributed by atoms with Gasteiger partial charge in [-0.05, 0) is 29.6 Å². The van der Waals surface area contributed by atoms with Gasteiger partial charge in [-0.2, -0.15) is 4.98 Å². The molecule has 2 N–H and O–H groups in total. The van der Waals surface area contributed by atoms with Gasteiger partial charge in [-0.25, -0.2) is 0 Å². The van der Waals surface area contributed by atoms with Crippen molar-refractivity contribution in [3.8, 4) is 11.6 Å². The Morgan fingerprint density at radius 3 is 2.60 bits per heavy atom. The Morgan fingerprint density at radius 1 is 1.15 bits per heavy atom. The summed E-state index contributed by atoms with van der Waals surface area (Å²) in [6, 6.07) is 3.79. The van der Waals surface area contributed by atoms with Gasteiger partial charge in [0, 0.05) is 25.8 Å². The summed E-state index contributed by atoms with van der Waals surface area (Å²) in [7, 11) is 0. The largest absolute Gasteiger partial charge is 0.338 e. The van der Waals surface area contributed by atoms with E-state index in [4.69, 9.17) is 10.3 Å². The summed E-state index contributed by atoms with van der Waals surface area (Å²) in [5, 5.41) is 4.08. The van der Waals surface area contributed by atoms with E-state index in [2.05, 4.69) is 20.0 Å². The topological polar surface area (TPSA) is 81.1 Å². The van der Waals surface area contributed by atoms with Crippen molar-refractivity contribution in [3.05, 3.63) is 23.9 Å². The van der Waals surface area contributed by atoms with Gasteiger partial charge in [-0.15, -0.1) is 0 Å². The van der Waals surface area contributed by atoms with Crippen LogP contribution in [0.4, 0.5) is 5.95 Å². The number of aromatic nitrogens is 3. The van der Waals surface area contributed by atoms with Crippen molar-refractivity contribution in [1.82, 2.24) is 15.1 Å². The molecule has 0 saturated carbocycles. The Kier molecular flexibility index (Phi) is 3.92. The SMILES string of the molecule is NCc1ccc(-c2nc(N3CCCCCC3)no2)nc1. The Labute approximate surface area is 118 Å². The van der Waals surface area contributed by atoms with Crippen LogP contribution in [0.1, 0.15) is 31.2 Å². The quantitative estimate of drug-likeness (QED) is 0.920. The lowest BCUT2D eigenvalue weighted by Gasteiger charge is -2.16. The monoisotopic (exact) mass is 273 g/mol. The number of rotatable bonds is 3. The number of hydrogen-bond donors (Lipinski definition) is 1. The third-order valence-electron chi connectivity index (χ3n) is 3.58. The lowest BCUT2D eigenvalue weighted by molar-refractivity contribution is 0.428. The average molecular weight is 273 g/mol. The predicted molar refractivity (Wildman–Crippen MR) is 76.1 cm³/mol. The molecular formula is C14H19N5O. The zero-order valence-corrected chi connectivity index (χ0v) is 11.5. The normalized spacial score (nSPS) is 16.1. The summed E-state index contributed by atoms with van der Waals surface area (Å²) >= 11 is 0. The van der Waals surface area contributed by atoms with E-state index >= 15 is 0 Å². The van der Waals surface area contributed by atoms with E-state index in [1.54, 1.807) is 6.20 Å². The molecule has 0 atom stereocenters. The fourth-order valence-corrected chi connectivity index (χ4v) is 2.39. The van der Waals surface area contributed by atoms with E-state index in [1.165, 1.54) is 25.7 Å². The molecule has 1 saturated heterocycles. The zero-order valence-electron chi connectivity index (χ0n) is 11.5. The first kappa shape index (κ1) is 13.1. The van der Waals surface area contributed by atoms with Crippen LogP contribution >= 0.6 is 0 Å². The van der Waals surface area contributed by atoms with Crippen LogP contribution in [0.5, 0.6) is 0 Å². The van der Waals surface area contributed by atoms with Crippen molar-refractivity contribution in [3.63, 3.8) is 0 Å². The van der Waals surface area contributed by atoms with Gasteiger partial charge in [0.1, 0.15) is 5.69 Å². The van der Waals surface area contributed by atoms with E-state index < -0.39 is 0 Å². The van der Waals surface area contributed by atoms with E-state index in [-0.39, 0.29) is 0 Å². The number of pyridine rings is 1. The van der Waals surface area contributed by atoms with Crippen LogP contribution in [0.25, 0.3) is 11.6 Å². The predicted octanol–water partition coefficient (Wildman–Crippen LogP) is 1.97. The molecule has 0 aliphatic carbocycles. The number of nitrogens with zero attached hydrogens (tertiary/aromatic N) is 4. The lowest BCUT2D eigenvalue weighted by atomic mass is 10.2. The number of anilines is 1. The van der Waals surface area contributed by atoms with Crippen LogP contribution in [-0.4, -0.2) is 28.2 Å². The number of hydrogen-bond acceptors (Lipinski definition) is 6. The summed E-state index contributed by atoms with van der Waals surface area (Å²) in [5.74, 6) is 1.14. The maximum Gasteiger partial charge on any atom is 0.278 e. The molecule has 6 heteroatoms. The Bertz CT molecular complexity index is 543. The molecule has 1 aliphatic rings. The zero-order chi connectivity index (χ0) is 13.8. The summed E-state index contributed by atoms with van der Waals surface area (Å²) < 4.78 is 5.32. The fraction of sp³-hybridized carbons (Fsp3) is 0.500. The minimum Gasteiger partial charge on any atom is -0.338 e. The van der Waals surface area contributed by atoms with Crippen LogP contribution in [-0.2, 0) is 6.54 Å². The van der Waals surface area contributed by atoms with Crippen LogP contribution in [0.15, 0.2) is 22.9 Å². The lowest BCUT2D eigenvalue weighted by Crippen LogP contribution is -2.24. The van der Waals surface area contributed by atoms with Gasteiger partial charge in [0.15, 0.2) is 0 Å². The molecule has 3 heterocycles. The van der Waals surface area contributed by atoms with E-state index in [0.717, 1.165) is 18.7 Å². The maximum absolute atomic E-state index is 5.56. The van der Waals surface area contributed by atoms with Crippen molar-refractivity contribution in [1.29, 1.82) is 0 Å². The van der Waals surface area contributed by atoms with Gasteiger partial charge in [0.2, 0.25) is 0 Å². The summed E-state index contributed by atoms with van der Waals surface area (Å²) in [6.45, 7) is 2.48. The summed E-state index contributed by atoms with van der Waals surface area (Å²) in [4.78, 5) is 10.9. The van der Waals surface area contributed by atoms with Crippen LogP contribution in [0.3, 0.4) is 0 Å². The molecule has 2 aromatic heterocycles. The second-order valence-electron chi connectivity index (χ2n) is 5.06. The second kappa shape index (κ2) is 6.00. The molecule has 0 radical (unpaired) electrons. The molecule has 3 rings (SSSR count). The highest BCUT2D eigenvalue weighted by Gasteiger charge is 2.17. The van der Waals surface area contributed by atoms with Gasteiger partial charge in [-0.3, -0.25) is 4.98 Å². The molecule has 106 valence electrons. The molecule has 0 unspecified atom stereocenters. The molecule has 2 aromatic rings. The highest BCUT2D eigenvalue weighted by Crippen LogP contribution is 2.21. The molecule has 0 aromatic carbocycles. The smallest absolute Gasteiger partial charge is 0.278 e. The summed E-state index contributed by atoms with van der Waals surface area (Å²) in [6.07, 6.45) is 6.68. The van der Waals surface area contributed by atoms with Crippen molar-refractivity contribution in [2.45, 2.75) is 32.2 Å². The Balaban J connectivity index is 1.78. The van der Waals surface area contributed by atoms with Crippen LogP contribution in [0, 0.1) is 0 Å². The number of nitrogens with two attached hydrogens (primary N) is 1. The van der Waals surface area contributed by atoms with Gasteiger partial charge < -0.3 is 15.2 Å². The molecule has 20 heavy (non-hydrogen) atoms. The van der Waals surface area contributed by atoms with Crippen LogP contribution in [0.2, 0.25) is 0 Å². The Hall–Kier alpha value is -1.95. The van der Waals surface area contributed by atoms with Gasteiger partial charge in [0.05, 0.1) is 0 Å². The van der Waals surface area contributed by atoms with Crippen molar-refractivity contribution < 1.29 is 4.52 Å². The van der Waals surface area contributed by atoms with E-state index in [9.17, 15) is 0 Å². The molecule has 0 bridgehead atoms. The minimum atomic E-state index is 0.466. The Morgan fingerprint density at radius 2 is 1.95 bits per heavy atom. The molecule has 6 nitrogen and oxygen atoms in total.